The fraction of sp³-hybridized carbons (Fsp3) is 0.214. The smallest absolute Gasteiger partial charge is 0.142 e. The van der Waals surface area contributed by atoms with Crippen LogP contribution in [0.3, 0.4) is 0 Å². The van der Waals surface area contributed by atoms with E-state index in [1.54, 1.807) is 18.3 Å². The standard InChI is InChI=1S/C14H14ClFN2/c1-9-6-11(4-5-18-9)14(17)8-10-2-3-12(15)13(16)7-10/h2-7,14H,8,17H2,1H3. The van der Waals surface area contributed by atoms with E-state index in [0.717, 1.165) is 16.8 Å². The number of pyridine rings is 1. The predicted octanol–water partition coefficient (Wildman–Crippen LogP) is 3.43. The van der Waals surface area contributed by atoms with Crippen molar-refractivity contribution in [3.05, 3.63) is 64.2 Å². The third-order valence-corrected chi connectivity index (χ3v) is 3.10. The molecule has 0 radical (unpaired) electrons. The average Bonchev–Trinajstić information content (AvgIpc) is 2.34. The molecule has 0 amide bonds. The topological polar surface area (TPSA) is 38.9 Å². The van der Waals surface area contributed by atoms with Crippen LogP contribution in [0.25, 0.3) is 0 Å². The van der Waals surface area contributed by atoms with Crippen molar-refractivity contribution < 1.29 is 4.39 Å². The number of rotatable bonds is 3. The molecule has 0 saturated carbocycles. The zero-order valence-electron chi connectivity index (χ0n) is 10.0. The van der Waals surface area contributed by atoms with E-state index in [0.29, 0.717) is 6.42 Å². The van der Waals surface area contributed by atoms with Crippen molar-refractivity contribution in [2.45, 2.75) is 19.4 Å². The Kier molecular flexibility index (Phi) is 3.94. The molecule has 1 heterocycles. The molecule has 2 nitrogen and oxygen atoms in total. The van der Waals surface area contributed by atoms with Gasteiger partial charge < -0.3 is 5.73 Å². The molecule has 0 aliphatic carbocycles. The number of aromatic nitrogens is 1. The Hall–Kier alpha value is -1.45. The zero-order chi connectivity index (χ0) is 13.1. The predicted molar refractivity (Wildman–Crippen MR) is 71.0 cm³/mol. The van der Waals surface area contributed by atoms with Gasteiger partial charge in [-0.2, -0.15) is 0 Å². The summed E-state index contributed by atoms with van der Waals surface area (Å²) in [5, 5.41) is 0.132. The van der Waals surface area contributed by atoms with Gasteiger partial charge in [-0.15, -0.1) is 0 Å². The number of nitrogens with zero attached hydrogens (tertiary/aromatic N) is 1. The van der Waals surface area contributed by atoms with Crippen molar-refractivity contribution in [1.82, 2.24) is 4.98 Å². The minimum Gasteiger partial charge on any atom is -0.324 e. The summed E-state index contributed by atoms with van der Waals surface area (Å²) in [6.07, 6.45) is 2.30. The molecular weight excluding hydrogens is 251 g/mol. The minimum atomic E-state index is -0.410. The van der Waals surface area contributed by atoms with Crippen LogP contribution in [0, 0.1) is 12.7 Å². The lowest BCUT2D eigenvalue weighted by Gasteiger charge is -2.12. The highest BCUT2D eigenvalue weighted by Crippen LogP contribution is 2.20. The molecule has 1 aromatic heterocycles. The maximum absolute atomic E-state index is 13.3. The molecular formula is C14H14ClFN2. The van der Waals surface area contributed by atoms with Gasteiger partial charge in [0.15, 0.2) is 0 Å². The average molecular weight is 265 g/mol. The van der Waals surface area contributed by atoms with Crippen molar-refractivity contribution in [3.8, 4) is 0 Å². The lowest BCUT2D eigenvalue weighted by Crippen LogP contribution is -2.13. The van der Waals surface area contributed by atoms with Gasteiger partial charge in [0.05, 0.1) is 5.02 Å². The highest BCUT2D eigenvalue weighted by Gasteiger charge is 2.09. The van der Waals surface area contributed by atoms with Crippen LogP contribution >= 0.6 is 11.6 Å². The van der Waals surface area contributed by atoms with Crippen LogP contribution in [-0.2, 0) is 6.42 Å². The van der Waals surface area contributed by atoms with Crippen LogP contribution in [-0.4, -0.2) is 4.98 Å². The van der Waals surface area contributed by atoms with Crippen LogP contribution < -0.4 is 5.73 Å². The van der Waals surface area contributed by atoms with Gasteiger partial charge in [-0.3, -0.25) is 4.98 Å². The molecule has 0 aliphatic rings. The summed E-state index contributed by atoms with van der Waals surface area (Å²) in [5.74, 6) is -0.410. The molecule has 1 atom stereocenters. The first-order valence-electron chi connectivity index (χ1n) is 5.68. The molecule has 1 aromatic carbocycles. The fourth-order valence-corrected chi connectivity index (χ4v) is 1.95. The molecule has 2 N–H and O–H groups in total. The normalized spacial score (nSPS) is 12.4. The largest absolute Gasteiger partial charge is 0.324 e. The number of benzene rings is 1. The van der Waals surface area contributed by atoms with Crippen molar-refractivity contribution in [2.24, 2.45) is 5.73 Å². The summed E-state index contributed by atoms with van der Waals surface area (Å²) in [6, 6.07) is 8.42. The lowest BCUT2D eigenvalue weighted by atomic mass is 10.00. The third kappa shape index (κ3) is 3.06. The van der Waals surface area contributed by atoms with E-state index in [-0.39, 0.29) is 11.1 Å². The van der Waals surface area contributed by atoms with Crippen LogP contribution in [0.4, 0.5) is 4.39 Å². The highest BCUT2D eigenvalue weighted by molar-refractivity contribution is 6.30. The summed E-state index contributed by atoms with van der Waals surface area (Å²) in [5.41, 5.74) is 8.85. The molecule has 18 heavy (non-hydrogen) atoms. The molecule has 0 saturated heterocycles. The quantitative estimate of drug-likeness (QED) is 0.923. The van der Waals surface area contributed by atoms with Gasteiger partial charge in [-0.1, -0.05) is 17.7 Å². The van der Waals surface area contributed by atoms with E-state index in [1.165, 1.54) is 6.07 Å². The third-order valence-electron chi connectivity index (χ3n) is 2.79. The van der Waals surface area contributed by atoms with Crippen LogP contribution in [0.15, 0.2) is 36.5 Å². The van der Waals surface area contributed by atoms with E-state index in [4.69, 9.17) is 17.3 Å². The summed E-state index contributed by atoms with van der Waals surface area (Å²) in [4.78, 5) is 4.12. The fourth-order valence-electron chi connectivity index (χ4n) is 1.84. The molecule has 0 spiro atoms. The number of halogens is 2. The molecule has 4 heteroatoms. The Morgan fingerprint density at radius 1 is 1.33 bits per heavy atom. The number of hydrogen-bond acceptors (Lipinski definition) is 2. The Balaban J connectivity index is 2.16. The number of aryl methyl sites for hydroxylation is 1. The Morgan fingerprint density at radius 3 is 2.78 bits per heavy atom. The Bertz CT molecular complexity index is 557. The van der Waals surface area contributed by atoms with Gasteiger partial charge in [-0.25, -0.2) is 4.39 Å². The van der Waals surface area contributed by atoms with Crippen LogP contribution in [0.2, 0.25) is 5.02 Å². The van der Waals surface area contributed by atoms with Crippen molar-refractivity contribution in [2.75, 3.05) is 0 Å². The van der Waals surface area contributed by atoms with Crippen molar-refractivity contribution in [3.63, 3.8) is 0 Å². The van der Waals surface area contributed by atoms with Crippen LogP contribution in [0.1, 0.15) is 22.9 Å². The monoisotopic (exact) mass is 264 g/mol. The maximum atomic E-state index is 13.3. The summed E-state index contributed by atoms with van der Waals surface area (Å²) < 4.78 is 13.3. The van der Waals surface area contributed by atoms with Crippen molar-refractivity contribution in [1.29, 1.82) is 0 Å². The first kappa shape index (κ1) is 13.0. The maximum Gasteiger partial charge on any atom is 0.142 e. The summed E-state index contributed by atoms with van der Waals surface area (Å²) in [6.45, 7) is 1.91. The molecule has 2 aromatic rings. The molecule has 0 fully saturated rings. The highest BCUT2D eigenvalue weighted by atomic mass is 35.5. The zero-order valence-corrected chi connectivity index (χ0v) is 10.8. The molecule has 1 unspecified atom stereocenters. The first-order chi connectivity index (χ1) is 8.56. The van der Waals surface area contributed by atoms with Gasteiger partial charge in [-0.05, 0) is 48.7 Å². The van der Waals surface area contributed by atoms with Gasteiger partial charge in [0.2, 0.25) is 0 Å². The molecule has 2 rings (SSSR count). The van der Waals surface area contributed by atoms with E-state index in [9.17, 15) is 4.39 Å². The second kappa shape index (κ2) is 5.46. The molecule has 94 valence electrons. The van der Waals surface area contributed by atoms with E-state index >= 15 is 0 Å². The first-order valence-corrected chi connectivity index (χ1v) is 6.06. The Morgan fingerprint density at radius 2 is 2.11 bits per heavy atom. The number of nitrogens with two attached hydrogens (primary N) is 1. The van der Waals surface area contributed by atoms with Gasteiger partial charge >= 0.3 is 0 Å². The van der Waals surface area contributed by atoms with E-state index < -0.39 is 5.82 Å². The van der Waals surface area contributed by atoms with Gasteiger partial charge in [0, 0.05) is 17.9 Å². The summed E-state index contributed by atoms with van der Waals surface area (Å²) >= 11 is 5.64. The van der Waals surface area contributed by atoms with Crippen molar-refractivity contribution >= 4 is 11.6 Å². The second-order valence-electron chi connectivity index (χ2n) is 4.29. The Labute approximate surface area is 111 Å². The second-order valence-corrected chi connectivity index (χ2v) is 4.70. The SMILES string of the molecule is Cc1cc(C(N)Cc2ccc(Cl)c(F)c2)ccn1. The van der Waals surface area contributed by atoms with Gasteiger partial charge in [0.25, 0.3) is 0 Å². The molecule has 0 aliphatic heterocycles. The van der Waals surface area contributed by atoms with Crippen LogP contribution in [0.5, 0.6) is 0 Å². The van der Waals surface area contributed by atoms with Gasteiger partial charge in [0.1, 0.15) is 5.82 Å². The van der Waals surface area contributed by atoms with E-state index in [1.807, 2.05) is 19.1 Å². The van der Waals surface area contributed by atoms with E-state index in [2.05, 4.69) is 4.98 Å². The summed E-state index contributed by atoms with van der Waals surface area (Å²) in [7, 11) is 0. The lowest BCUT2D eigenvalue weighted by molar-refractivity contribution is 0.622. The minimum absolute atomic E-state index is 0.132. The molecule has 0 bridgehead atoms. The number of hydrogen-bond donors (Lipinski definition) is 1.